The molecule has 1 aliphatic heterocycles. The fourth-order valence-electron chi connectivity index (χ4n) is 3.17. The predicted molar refractivity (Wildman–Crippen MR) is 88.5 cm³/mol. The molecule has 1 heterocycles. The van der Waals surface area contributed by atoms with E-state index in [0.717, 1.165) is 0 Å². The van der Waals surface area contributed by atoms with Crippen LogP contribution in [0.4, 0.5) is 0 Å². The van der Waals surface area contributed by atoms with Crippen LogP contribution in [0.5, 0.6) is 0 Å². The van der Waals surface area contributed by atoms with Crippen LogP contribution in [-0.2, 0) is 28.6 Å². The Hall–Kier alpha value is -2.92. The van der Waals surface area contributed by atoms with E-state index in [2.05, 4.69) is 5.32 Å². The van der Waals surface area contributed by atoms with Crippen molar-refractivity contribution in [3.05, 3.63) is 35.4 Å². The Morgan fingerprint density at radius 1 is 1.04 bits per heavy atom. The molecule has 1 fully saturated rings. The molecule has 8 nitrogen and oxygen atoms in total. The average molecular weight is 360 g/mol. The predicted octanol–water partition coefficient (Wildman–Crippen LogP) is 0.713. The van der Waals surface area contributed by atoms with E-state index in [1.165, 1.54) is 14.2 Å². The van der Waals surface area contributed by atoms with Crippen LogP contribution in [0, 0.1) is 23.2 Å². The van der Waals surface area contributed by atoms with E-state index in [9.17, 15) is 14.4 Å². The quantitative estimate of drug-likeness (QED) is 0.603. The third kappa shape index (κ3) is 3.68. The zero-order chi connectivity index (χ0) is 19.3. The van der Waals surface area contributed by atoms with Crippen molar-refractivity contribution < 1.29 is 28.6 Å². The van der Waals surface area contributed by atoms with Gasteiger partial charge in [-0.25, -0.2) is 0 Å². The van der Waals surface area contributed by atoms with Crippen molar-refractivity contribution in [3.8, 4) is 6.07 Å². The summed E-state index contributed by atoms with van der Waals surface area (Å²) in [7, 11) is 2.40. The summed E-state index contributed by atoms with van der Waals surface area (Å²) in [6.45, 7) is 1.78. The van der Waals surface area contributed by atoms with Gasteiger partial charge >= 0.3 is 17.9 Å². The summed E-state index contributed by atoms with van der Waals surface area (Å²) >= 11 is 0. The number of ether oxygens (including phenoxy) is 3. The van der Waals surface area contributed by atoms with E-state index in [0.29, 0.717) is 11.1 Å². The van der Waals surface area contributed by atoms with Gasteiger partial charge in [0.2, 0.25) is 0 Å². The van der Waals surface area contributed by atoms with E-state index in [-0.39, 0.29) is 6.61 Å². The number of carbonyl (C=O) groups excluding carboxylic acids is 3. The molecule has 0 unspecified atom stereocenters. The van der Waals surface area contributed by atoms with Crippen molar-refractivity contribution >= 4 is 17.9 Å². The van der Waals surface area contributed by atoms with Crippen molar-refractivity contribution in [2.24, 2.45) is 11.8 Å². The topological polar surface area (TPSA) is 115 Å². The average Bonchev–Trinajstić information content (AvgIpc) is 3.07. The van der Waals surface area contributed by atoms with Gasteiger partial charge in [0, 0.05) is 6.04 Å². The Morgan fingerprint density at radius 2 is 1.62 bits per heavy atom. The van der Waals surface area contributed by atoms with Crippen molar-refractivity contribution in [3.63, 3.8) is 0 Å². The second-order valence-corrected chi connectivity index (χ2v) is 5.71. The molecular weight excluding hydrogens is 340 g/mol. The summed E-state index contributed by atoms with van der Waals surface area (Å²) in [5.74, 6) is -4.06. The van der Waals surface area contributed by atoms with Gasteiger partial charge in [-0.3, -0.25) is 19.7 Å². The highest BCUT2D eigenvalue weighted by atomic mass is 16.5. The molecule has 0 bridgehead atoms. The molecule has 4 atom stereocenters. The molecule has 0 aromatic heterocycles. The maximum Gasteiger partial charge on any atom is 0.324 e. The Bertz CT molecular complexity index is 724. The van der Waals surface area contributed by atoms with Gasteiger partial charge in [-0.1, -0.05) is 12.1 Å². The number of methoxy groups -OCH3 is 2. The zero-order valence-electron chi connectivity index (χ0n) is 14.7. The van der Waals surface area contributed by atoms with Gasteiger partial charge in [0.1, 0.15) is 6.04 Å². The molecule has 1 N–H and O–H groups in total. The van der Waals surface area contributed by atoms with Gasteiger partial charge in [0.15, 0.2) is 0 Å². The Balaban J connectivity index is 2.47. The van der Waals surface area contributed by atoms with E-state index >= 15 is 0 Å². The second kappa shape index (κ2) is 8.45. The number of nitrogens with one attached hydrogen (secondary N) is 1. The minimum Gasteiger partial charge on any atom is -0.469 e. The first-order valence-corrected chi connectivity index (χ1v) is 8.06. The molecule has 0 spiro atoms. The van der Waals surface area contributed by atoms with Crippen molar-refractivity contribution in [1.29, 1.82) is 5.26 Å². The Kier molecular flexibility index (Phi) is 6.31. The highest BCUT2D eigenvalue weighted by Gasteiger charge is 2.55. The third-order valence-corrected chi connectivity index (χ3v) is 4.35. The number of nitrogens with zero attached hydrogens (tertiary/aromatic N) is 1. The molecule has 8 heteroatoms. The van der Waals surface area contributed by atoms with Crippen molar-refractivity contribution in [1.82, 2.24) is 5.32 Å². The molecule has 1 saturated heterocycles. The monoisotopic (exact) mass is 360 g/mol. The number of esters is 3. The molecular formula is C18H20N2O6. The Labute approximate surface area is 151 Å². The standard InChI is InChI=1S/C18H20N2O6/c1-4-26-18(23)15-13(17(22)25-3)12(16(21)24-2)14(20-15)11-7-5-10(9-19)6-8-11/h5-8,12-15,20H,4H2,1-3H3/t12-,13+,14+,15+/m0/s1. The molecule has 26 heavy (non-hydrogen) atoms. The van der Waals surface area contributed by atoms with Gasteiger partial charge in [-0.2, -0.15) is 5.26 Å². The van der Waals surface area contributed by atoms with Gasteiger partial charge < -0.3 is 14.2 Å². The lowest BCUT2D eigenvalue weighted by Gasteiger charge is -2.21. The van der Waals surface area contributed by atoms with Crippen LogP contribution < -0.4 is 5.32 Å². The zero-order valence-corrected chi connectivity index (χ0v) is 14.7. The maximum absolute atomic E-state index is 12.4. The molecule has 2 rings (SSSR count). The molecule has 0 radical (unpaired) electrons. The fourth-order valence-corrected chi connectivity index (χ4v) is 3.17. The van der Waals surface area contributed by atoms with Crippen LogP contribution in [0.2, 0.25) is 0 Å². The summed E-state index contributed by atoms with van der Waals surface area (Å²) in [6.07, 6.45) is 0. The van der Waals surface area contributed by atoms with Crippen LogP contribution in [0.1, 0.15) is 24.1 Å². The lowest BCUT2D eigenvalue weighted by atomic mass is 9.84. The van der Waals surface area contributed by atoms with Gasteiger partial charge in [-0.15, -0.1) is 0 Å². The SMILES string of the molecule is CCOC(=O)[C@@H]1N[C@H](c2ccc(C#N)cc2)[C@@H](C(=O)OC)[C@H]1C(=O)OC. The minimum atomic E-state index is -1.09. The molecule has 0 aliphatic carbocycles. The molecule has 0 saturated carbocycles. The van der Waals surface area contributed by atoms with Crippen molar-refractivity contribution in [2.45, 2.75) is 19.0 Å². The van der Waals surface area contributed by atoms with E-state index < -0.39 is 41.8 Å². The lowest BCUT2D eigenvalue weighted by Crippen LogP contribution is -2.42. The van der Waals surface area contributed by atoms with Crippen LogP contribution in [0.3, 0.4) is 0 Å². The molecule has 1 aliphatic rings. The minimum absolute atomic E-state index is 0.134. The largest absolute Gasteiger partial charge is 0.469 e. The van der Waals surface area contributed by atoms with Crippen LogP contribution >= 0.6 is 0 Å². The summed E-state index contributed by atoms with van der Waals surface area (Å²) in [4.78, 5) is 37.0. The van der Waals surface area contributed by atoms with E-state index in [1.54, 1.807) is 31.2 Å². The number of hydrogen-bond donors (Lipinski definition) is 1. The summed E-state index contributed by atoms with van der Waals surface area (Å²) < 4.78 is 14.7. The summed E-state index contributed by atoms with van der Waals surface area (Å²) in [5.41, 5.74) is 1.09. The van der Waals surface area contributed by atoms with Crippen molar-refractivity contribution in [2.75, 3.05) is 20.8 Å². The summed E-state index contributed by atoms with van der Waals surface area (Å²) in [5, 5.41) is 11.9. The van der Waals surface area contributed by atoms with E-state index in [4.69, 9.17) is 19.5 Å². The normalized spacial score (nSPS) is 24.4. The highest BCUT2D eigenvalue weighted by Crippen LogP contribution is 2.39. The fraction of sp³-hybridized carbons (Fsp3) is 0.444. The van der Waals surface area contributed by atoms with Gasteiger partial charge in [0.05, 0.1) is 44.3 Å². The smallest absolute Gasteiger partial charge is 0.324 e. The number of rotatable bonds is 5. The third-order valence-electron chi connectivity index (χ3n) is 4.35. The maximum atomic E-state index is 12.4. The molecule has 1 aromatic carbocycles. The summed E-state index contributed by atoms with van der Waals surface area (Å²) in [6, 6.07) is 6.80. The first kappa shape index (κ1) is 19.4. The Morgan fingerprint density at radius 3 is 2.12 bits per heavy atom. The molecule has 1 aromatic rings. The van der Waals surface area contributed by atoms with Crippen LogP contribution in [0.15, 0.2) is 24.3 Å². The number of benzene rings is 1. The van der Waals surface area contributed by atoms with Gasteiger partial charge in [0.25, 0.3) is 0 Å². The van der Waals surface area contributed by atoms with E-state index in [1.807, 2.05) is 6.07 Å². The highest BCUT2D eigenvalue weighted by molar-refractivity contribution is 5.91. The first-order valence-electron chi connectivity index (χ1n) is 8.06. The lowest BCUT2D eigenvalue weighted by molar-refractivity contribution is -0.160. The van der Waals surface area contributed by atoms with Gasteiger partial charge in [-0.05, 0) is 24.6 Å². The number of hydrogen-bond acceptors (Lipinski definition) is 8. The number of nitriles is 1. The van der Waals surface area contributed by atoms with Crippen LogP contribution in [0.25, 0.3) is 0 Å². The first-order chi connectivity index (χ1) is 12.5. The molecule has 138 valence electrons. The van der Waals surface area contributed by atoms with Crippen LogP contribution in [-0.4, -0.2) is 44.8 Å². The second-order valence-electron chi connectivity index (χ2n) is 5.71. The molecule has 0 amide bonds. The number of carbonyl (C=O) groups is 3.